The number of hydrogen-bond acceptors (Lipinski definition) is 4. The summed E-state index contributed by atoms with van der Waals surface area (Å²) in [4.78, 5) is 13.2. The average Bonchev–Trinajstić information content (AvgIpc) is 2.46. The van der Waals surface area contributed by atoms with Gasteiger partial charge in [0.2, 0.25) is 15.9 Å². The smallest absolute Gasteiger partial charge is 0.243 e. The van der Waals surface area contributed by atoms with Crippen LogP contribution in [0.25, 0.3) is 0 Å². The molecule has 0 aliphatic heterocycles. The van der Waals surface area contributed by atoms with Crippen LogP contribution in [0.3, 0.4) is 0 Å². The average molecular weight is 313 g/mol. The van der Waals surface area contributed by atoms with Gasteiger partial charge in [-0.25, -0.2) is 8.42 Å². The summed E-state index contributed by atoms with van der Waals surface area (Å²) in [7, 11) is -0.137. The second kappa shape index (κ2) is 7.42. The first-order valence-electron chi connectivity index (χ1n) is 6.87. The van der Waals surface area contributed by atoms with E-state index in [0.29, 0.717) is 18.8 Å². The third-order valence-electron chi connectivity index (χ3n) is 3.12. The molecule has 1 rings (SSSR count). The van der Waals surface area contributed by atoms with E-state index in [9.17, 15) is 13.2 Å². The van der Waals surface area contributed by atoms with Gasteiger partial charge in [-0.3, -0.25) is 4.79 Å². The summed E-state index contributed by atoms with van der Waals surface area (Å²) in [6.07, 6.45) is 0. The molecule has 1 aromatic carbocycles. The highest BCUT2D eigenvalue weighted by molar-refractivity contribution is 7.89. The van der Waals surface area contributed by atoms with E-state index >= 15 is 0 Å². The maximum Gasteiger partial charge on any atom is 0.243 e. The topological polar surface area (TPSA) is 69.7 Å². The largest absolute Gasteiger partial charge is 0.376 e. The van der Waals surface area contributed by atoms with Crippen LogP contribution < -0.4 is 5.32 Å². The van der Waals surface area contributed by atoms with Crippen molar-refractivity contribution in [2.75, 3.05) is 39.0 Å². The van der Waals surface area contributed by atoms with Gasteiger partial charge in [-0.05, 0) is 18.2 Å². The predicted octanol–water partition coefficient (Wildman–Crippen LogP) is 1.22. The fourth-order valence-electron chi connectivity index (χ4n) is 1.81. The van der Waals surface area contributed by atoms with Gasteiger partial charge in [0, 0.05) is 32.9 Å². The van der Waals surface area contributed by atoms with E-state index in [4.69, 9.17) is 0 Å². The zero-order chi connectivity index (χ0) is 16.0. The maximum absolute atomic E-state index is 12.4. The fourth-order valence-corrected chi connectivity index (χ4v) is 3.32. The van der Waals surface area contributed by atoms with Crippen LogP contribution in [0.15, 0.2) is 29.2 Å². The molecule has 0 unspecified atom stereocenters. The maximum atomic E-state index is 12.4. The lowest BCUT2D eigenvalue weighted by atomic mass is 10.3. The molecule has 0 bridgehead atoms. The number of benzene rings is 1. The summed E-state index contributed by atoms with van der Waals surface area (Å²) in [5, 5.41) is 2.94. The lowest BCUT2D eigenvalue weighted by Crippen LogP contribution is -2.31. The minimum atomic E-state index is -3.48. The molecule has 1 N–H and O–H groups in total. The minimum absolute atomic E-state index is 0.0768. The van der Waals surface area contributed by atoms with Gasteiger partial charge in [-0.2, -0.15) is 4.31 Å². The SMILES string of the molecule is CCN(CC)S(=O)(=O)c1cccc(NCC(=O)N(C)C)c1. The van der Waals surface area contributed by atoms with Crippen molar-refractivity contribution in [1.29, 1.82) is 0 Å². The number of anilines is 1. The second-order valence-electron chi connectivity index (χ2n) is 4.76. The Morgan fingerprint density at radius 2 is 1.81 bits per heavy atom. The van der Waals surface area contributed by atoms with Gasteiger partial charge < -0.3 is 10.2 Å². The van der Waals surface area contributed by atoms with E-state index in [1.165, 1.54) is 9.21 Å². The van der Waals surface area contributed by atoms with Crippen LogP contribution in [0.2, 0.25) is 0 Å². The number of likely N-dealkylation sites (N-methyl/N-ethyl adjacent to an activating group) is 1. The summed E-state index contributed by atoms with van der Waals surface area (Å²) in [5.41, 5.74) is 0.610. The second-order valence-corrected chi connectivity index (χ2v) is 6.70. The molecule has 0 spiro atoms. The van der Waals surface area contributed by atoms with Gasteiger partial charge in [0.15, 0.2) is 0 Å². The molecule has 0 atom stereocenters. The molecule has 1 amide bonds. The standard InChI is InChI=1S/C14H23N3O3S/c1-5-17(6-2)21(19,20)13-9-7-8-12(10-13)15-11-14(18)16(3)4/h7-10,15H,5-6,11H2,1-4H3. The highest BCUT2D eigenvalue weighted by Crippen LogP contribution is 2.19. The number of nitrogens with one attached hydrogen (secondary N) is 1. The van der Waals surface area contributed by atoms with Crippen LogP contribution in [0.4, 0.5) is 5.69 Å². The normalized spacial score (nSPS) is 11.5. The van der Waals surface area contributed by atoms with Gasteiger partial charge in [-0.1, -0.05) is 19.9 Å². The molecule has 0 radical (unpaired) electrons. The molecular formula is C14H23N3O3S. The van der Waals surface area contributed by atoms with Crippen molar-refractivity contribution in [2.24, 2.45) is 0 Å². The van der Waals surface area contributed by atoms with E-state index in [1.807, 2.05) is 0 Å². The van der Waals surface area contributed by atoms with Crippen LogP contribution in [0.1, 0.15) is 13.8 Å². The highest BCUT2D eigenvalue weighted by Gasteiger charge is 2.21. The summed E-state index contributed by atoms with van der Waals surface area (Å²) in [6.45, 7) is 4.59. The minimum Gasteiger partial charge on any atom is -0.376 e. The van der Waals surface area contributed by atoms with Gasteiger partial charge in [0.1, 0.15) is 0 Å². The van der Waals surface area contributed by atoms with Crippen molar-refractivity contribution in [3.63, 3.8) is 0 Å². The molecule has 0 heterocycles. The number of hydrogen-bond donors (Lipinski definition) is 1. The van der Waals surface area contributed by atoms with Gasteiger partial charge >= 0.3 is 0 Å². The third kappa shape index (κ3) is 4.44. The fraction of sp³-hybridized carbons (Fsp3) is 0.500. The Morgan fingerprint density at radius 3 is 2.33 bits per heavy atom. The summed E-state index contributed by atoms with van der Waals surface area (Å²) >= 11 is 0. The Bertz CT molecular complexity index is 581. The number of amides is 1. The first-order chi connectivity index (χ1) is 9.82. The molecule has 0 fully saturated rings. The van der Waals surface area contributed by atoms with Crippen molar-refractivity contribution >= 4 is 21.6 Å². The lowest BCUT2D eigenvalue weighted by Gasteiger charge is -2.19. The Labute approximate surface area is 126 Å². The van der Waals surface area contributed by atoms with E-state index in [0.717, 1.165) is 0 Å². The lowest BCUT2D eigenvalue weighted by molar-refractivity contribution is -0.126. The van der Waals surface area contributed by atoms with E-state index in [1.54, 1.807) is 52.2 Å². The zero-order valence-electron chi connectivity index (χ0n) is 13.0. The molecular weight excluding hydrogens is 290 g/mol. The van der Waals surface area contributed by atoms with Crippen molar-refractivity contribution < 1.29 is 13.2 Å². The highest BCUT2D eigenvalue weighted by atomic mass is 32.2. The van der Waals surface area contributed by atoms with Gasteiger partial charge in [-0.15, -0.1) is 0 Å². The Hall–Kier alpha value is -1.60. The predicted molar refractivity (Wildman–Crippen MR) is 83.7 cm³/mol. The molecule has 0 saturated heterocycles. The molecule has 118 valence electrons. The summed E-state index contributed by atoms with van der Waals surface area (Å²) in [5.74, 6) is -0.0768. The summed E-state index contributed by atoms with van der Waals surface area (Å²) in [6, 6.07) is 6.52. The summed E-state index contributed by atoms with van der Waals surface area (Å²) < 4.78 is 26.2. The number of nitrogens with zero attached hydrogens (tertiary/aromatic N) is 2. The quantitative estimate of drug-likeness (QED) is 0.821. The van der Waals surface area contributed by atoms with Crippen LogP contribution in [-0.4, -0.2) is 57.3 Å². The van der Waals surface area contributed by atoms with E-state index in [-0.39, 0.29) is 17.3 Å². The van der Waals surface area contributed by atoms with E-state index < -0.39 is 10.0 Å². The van der Waals surface area contributed by atoms with Crippen molar-refractivity contribution in [3.05, 3.63) is 24.3 Å². The van der Waals surface area contributed by atoms with Gasteiger partial charge in [0.25, 0.3) is 0 Å². The molecule has 0 saturated carbocycles. The number of rotatable bonds is 7. The molecule has 0 aliphatic rings. The molecule has 0 aliphatic carbocycles. The van der Waals surface area contributed by atoms with Crippen molar-refractivity contribution in [3.8, 4) is 0 Å². The molecule has 21 heavy (non-hydrogen) atoms. The first kappa shape index (κ1) is 17.5. The molecule has 6 nitrogen and oxygen atoms in total. The molecule has 7 heteroatoms. The first-order valence-corrected chi connectivity index (χ1v) is 8.31. The van der Waals surface area contributed by atoms with Crippen LogP contribution in [0, 0.1) is 0 Å². The van der Waals surface area contributed by atoms with E-state index in [2.05, 4.69) is 5.32 Å². The third-order valence-corrected chi connectivity index (χ3v) is 5.17. The Balaban J connectivity index is 2.93. The number of sulfonamides is 1. The number of carbonyl (C=O) groups excluding carboxylic acids is 1. The van der Waals surface area contributed by atoms with Crippen molar-refractivity contribution in [1.82, 2.24) is 9.21 Å². The van der Waals surface area contributed by atoms with Crippen molar-refractivity contribution in [2.45, 2.75) is 18.7 Å². The molecule has 1 aromatic rings. The van der Waals surface area contributed by atoms with Crippen LogP contribution >= 0.6 is 0 Å². The van der Waals surface area contributed by atoms with Crippen LogP contribution in [0.5, 0.6) is 0 Å². The zero-order valence-corrected chi connectivity index (χ0v) is 13.8. The Morgan fingerprint density at radius 1 is 1.19 bits per heavy atom. The monoisotopic (exact) mass is 313 g/mol. The van der Waals surface area contributed by atoms with Gasteiger partial charge in [0.05, 0.1) is 11.4 Å². The number of carbonyl (C=O) groups is 1. The Kier molecular flexibility index (Phi) is 6.17. The van der Waals surface area contributed by atoms with Crippen LogP contribution in [-0.2, 0) is 14.8 Å². The molecule has 0 aromatic heterocycles.